The molecule has 0 unspecified atom stereocenters. The topological polar surface area (TPSA) is 78.4 Å². The van der Waals surface area contributed by atoms with E-state index in [1.807, 2.05) is 7.05 Å². The zero-order valence-corrected chi connectivity index (χ0v) is 17.6. The van der Waals surface area contributed by atoms with E-state index in [1.165, 1.54) is 4.31 Å². The van der Waals surface area contributed by atoms with Gasteiger partial charge in [-0.3, -0.25) is 0 Å². The Morgan fingerprint density at radius 1 is 1.21 bits per heavy atom. The summed E-state index contributed by atoms with van der Waals surface area (Å²) in [5.41, 5.74) is 2.10. The van der Waals surface area contributed by atoms with E-state index >= 15 is 0 Å². The molecule has 150 valence electrons. The zero-order chi connectivity index (χ0) is 19.9. The smallest absolute Gasteiger partial charge is 0.245 e. The third-order valence-corrected chi connectivity index (χ3v) is 7.84. The maximum absolute atomic E-state index is 13.3. The molecule has 0 radical (unpaired) electrons. The Hall–Kier alpha value is -1.74. The lowest BCUT2D eigenvalue weighted by Gasteiger charge is -2.28. The van der Waals surface area contributed by atoms with Crippen LogP contribution >= 0.6 is 11.6 Å². The lowest BCUT2D eigenvalue weighted by molar-refractivity contribution is 0.307. The van der Waals surface area contributed by atoms with Gasteiger partial charge in [-0.25, -0.2) is 18.4 Å². The number of fused-ring (bicyclic) bond motifs is 1. The second-order valence-electron chi connectivity index (χ2n) is 7.30. The summed E-state index contributed by atoms with van der Waals surface area (Å²) < 4.78 is 28.1. The molecule has 4 rings (SSSR count). The van der Waals surface area contributed by atoms with Crippen LogP contribution in [0.1, 0.15) is 36.0 Å². The van der Waals surface area contributed by atoms with Crippen LogP contribution in [-0.2, 0) is 23.0 Å². The lowest BCUT2D eigenvalue weighted by atomic mass is 10.1. The van der Waals surface area contributed by atoms with Crippen molar-refractivity contribution in [1.29, 1.82) is 0 Å². The van der Waals surface area contributed by atoms with Crippen molar-refractivity contribution in [1.82, 2.24) is 19.2 Å². The highest BCUT2D eigenvalue weighted by Gasteiger charge is 2.39. The Bertz CT molecular complexity index is 981. The van der Waals surface area contributed by atoms with E-state index in [1.54, 1.807) is 24.3 Å². The van der Waals surface area contributed by atoms with E-state index in [2.05, 4.69) is 17.3 Å². The van der Waals surface area contributed by atoms with Crippen LogP contribution in [0, 0.1) is 0 Å². The monoisotopic (exact) mass is 421 g/mol. The highest BCUT2D eigenvalue weighted by molar-refractivity contribution is 7.89. The van der Waals surface area contributed by atoms with Crippen molar-refractivity contribution < 1.29 is 8.42 Å². The number of nitrogens with one attached hydrogen (secondary N) is 1. The van der Waals surface area contributed by atoms with Gasteiger partial charge in [0.1, 0.15) is 16.5 Å². The minimum absolute atomic E-state index is 0.136. The minimum Gasteiger partial charge on any atom is -0.373 e. The largest absolute Gasteiger partial charge is 0.373 e. The number of sulfonamides is 1. The van der Waals surface area contributed by atoms with Gasteiger partial charge in [0, 0.05) is 38.7 Å². The molecule has 0 spiro atoms. The van der Waals surface area contributed by atoms with E-state index in [-0.39, 0.29) is 16.0 Å². The second-order valence-corrected chi connectivity index (χ2v) is 9.56. The number of anilines is 1. The van der Waals surface area contributed by atoms with Crippen molar-refractivity contribution in [2.75, 3.05) is 32.5 Å². The number of hydrogen-bond acceptors (Lipinski definition) is 6. The Morgan fingerprint density at radius 2 is 2.00 bits per heavy atom. The SMILES string of the molecule is CNc1nc([C@H]2CCCN2S(=O)(=O)c2ccccc2Cl)nc2c1CN(C)CC2. The molecule has 2 aliphatic heterocycles. The van der Waals surface area contributed by atoms with Gasteiger partial charge in [-0.2, -0.15) is 4.31 Å². The molecule has 1 saturated heterocycles. The summed E-state index contributed by atoms with van der Waals surface area (Å²) in [5, 5.41) is 3.40. The Morgan fingerprint density at radius 3 is 2.75 bits per heavy atom. The average Bonchev–Trinajstić information content (AvgIpc) is 3.18. The Balaban J connectivity index is 1.74. The third kappa shape index (κ3) is 3.39. The van der Waals surface area contributed by atoms with Gasteiger partial charge in [0.15, 0.2) is 0 Å². The Labute approximate surface area is 170 Å². The highest BCUT2D eigenvalue weighted by Crippen LogP contribution is 2.38. The first-order valence-corrected chi connectivity index (χ1v) is 11.3. The molecule has 3 heterocycles. The fourth-order valence-electron chi connectivity index (χ4n) is 3.99. The molecule has 2 aromatic rings. The molecule has 1 aromatic heterocycles. The van der Waals surface area contributed by atoms with Crippen LogP contribution in [0.5, 0.6) is 0 Å². The van der Waals surface area contributed by atoms with Crippen LogP contribution in [0.3, 0.4) is 0 Å². The van der Waals surface area contributed by atoms with Crippen LogP contribution in [0.4, 0.5) is 5.82 Å². The number of aromatic nitrogens is 2. The summed E-state index contributed by atoms with van der Waals surface area (Å²) in [7, 11) is 0.192. The maximum Gasteiger partial charge on any atom is 0.245 e. The van der Waals surface area contributed by atoms with Crippen molar-refractivity contribution >= 4 is 27.4 Å². The van der Waals surface area contributed by atoms with Gasteiger partial charge in [-0.1, -0.05) is 23.7 Å². The zero-order valence-electron chi connectivity index (χ0n) is 16.0. The van der Waals surface area contributed by atoms with E-state index in [9.17, 15) is 8.42 Å². The van der Waals surface area contributed by atoms with Crippen LogP contribution in [0.25, 0.3) is 0 Å². The van der Waals surface area contributed by atoms with Crippen LogP contribution in [-0.4, -0.2) is 54.8 Å². The van der Waals surface area contributed by atoms with Gasteiger partial charge in [0.2, 0.25) is 10.0 Å². The van der Waals surface area contributed by atoms with Crippen molar-refractivity contribution in [3.05, 3.63) is 46.4 Å². The van der Waals surface area contributed by atoms with E-state index in [0.717, 1.165) is 43.0 Å². The summed E-state index contributed by atoms with van der Waals surface area (Å²) in [6.45, 7) is 2.16. The molecule has 1 aromatic carbocycles. The van der Waals surface area contributed by atoms with Gasteiger partial charge < -0.3 is 10.2 Å². The quantitative estimate of drug-likeness (QED) is 0.817. The van der Waals surface area contributed by atoms with Gasteiger partial charge >= 0.3 is 0 Å². The molecular weight excluding hydrogens is 398 g/mol. The van der Waals surface area contributed by atoms with Gasteiger partial charge in [0.25, 0.3) is 0 Å². The van der Waals surface area contributed by atoms with Gasteiger partial charge in [-0.15, -0.1) is 0 Å². The second kappa shape index (κ2) is 7.59. The predicted octanol–water partition coefficient (Wildman–Crippen LogP) is 2.69. The van der Waals surface area contributed by atoms with E-state index in [4.69, 9.17) is 21.6 Å². The molecule has 1 fully saturated rings. The van der Waals surface area contributed by atoms with Crippen molar-refractivity contribution in [2.24, 2.45) is 0 Å². The summed E-state index contributed by atoms with van der Waals surface area (Å²) in [6.07, 6.45) is 2.30. The summed E-state index contributed by atoms with van der Waals surface area (Å²) >= 11 is 6.19. The molecule has 0 bridgehead atoms. The molecular formula is C19H24ClN5O2S. The molecule has 9 heteroatoms. The first kappa shape index (κ1) is 19.6. The molecule has 7 nitrogen and oxygen atoms in total. The number of nitrogens with zero attached hydrogens (tertiary/aromatic N) is 4. The lowest BCUT2D eigenvalue weighted by Crippen LogP contribution is -2.33. The molecule has 0 saturated carbocycles. The molecule has 1 N–H and O–H groups in total. The van der Waals surface area contributed by atoms with Crippen LogP contribution in [0.15, 0.2) is 29.2 Å². The molecule has 1 atom stereocenters. The normalized spacial score (nSPS) is 20.9. The number of likely N-dealkylation sites (N-methyl/N-ethyl adjacent to an activating group) is 1. The van der Waals surface area contributed by atoms with E-state index < -0.39 is 10.0 Å². The first-order valence-electron chi connectivity index (χ1n) is 9.44. The molecule has 28 heavy (non-hydrogen) atoms. The van der Waals surface area contributed by atoms with Crippen molar-refractivity contribution in [3.8, 4) is 0 Å². The highest BCUT2D eigenvalue weighted by atomic mass is 35.5. The maximum atomic E-state index is 13.3. The molecule has 2 aliphatic rings. The van der Waals surface area contributed by atoms with E-state index in [0.29, 0.717) is 18.8 Å². The number of benzene rings is 1. The van der Waals surface area contributed by atoms with Crippen molar-refractivity contribution in [3.63, 3.8) is 0 Å². The Kier molecular flexibility index (Phi) is 5.30. The van der Waals surface area contributed by atoms with Crippen LogP contribution < -0.4 is 5.32 Å². The summed E-state index contributed by atoms with van der Waals surface area (Å²) in [6, 6.07) is 6.19. The minimum atomic E-state index is -3.72. The molecule has 0 amide bonds. The fourth-order valence-corrected chi connectivity index (χ4v) is 6.14. The number of hydrogen-bond donors (Lipinski definition) is 1. The molecule has 0 aliphatic carbocycles. The fraction of sp³-hybridized carbons (Fsp3) is 0.474. The van der Waals surface area contributed by atoms with Gasteiger partial charge in [-0.05, 0) is 32.0 Å². The standard InChI is InChI=1S/C19H24ClN5O2S/c1-21-18-13-12-24(2)11-9-15(13)22-19(23-18)16-7-5-10-25(16)28(26,27)17-8-4-3-6-14(17)20/h3-4,6,8,16H,5,7,9-12H2,1-2H3,(H,21,22,23)/t16-/m1/s1. The van der Waals surface area contributed by atoms with Gasteiger partial charge in [0.05, 0.1) is 16.8 Å². The van der Waals surface area contributed by atoms with Crippen molar-refractivity contribution in [2.45, 2.75) is 36.7 Å². The third-order valence-electron chi connectivity index (χ3n) is 5.43. The summed E-state index contributed by atoms with van der Waals surface area (Å²) in [5.74, 6) is 1.36. The summed E-state index contributed by atoms with van der Waals surface area (Å²) in [4.78, 5) is 11.9. The average molecular weight is 422 g/mol. The number of rotatable bonds is 4. The van der Waals surface area contributed by atoms with Crippen LogP contribution in [0.2, 0.25) is 5.02 Å². The number of halogens is 1. The predicted molar refractivity (Wildman–Crippen MR) is 109 cm³/mol. The first-order chi connectivity index (χ1) is 13.4.